The number of anilines is 2. The molecule has 0 aliphatic carbocycles. The SMILES string of the molecule is N#Cc1cncc(-c2cc3cc(CNCCc4ccccc4)ccc3s2)c1Nc1cccc2[nH]ccc12. The Balaban J connectivity index is 1.26. The highest BCUT2D eigenvalue weighted by Gasteiger charge is 2.15. The number of hydrogen-bond acceptors (Lipinski definition) is 5. The summed E-state index contributed by atoms with van der Waals surface area (Å²) in [6.45, 7) is 1.76. The van der Waals surface area contributed by atoms with Crippen molar-refractivity contribution in [2.24, 2.45) is 0 Å². The molecule has 3 heterocycles. The van der Waals surface area contributed by atoms with Crippen molar-refractivity contribution in [3.63, 3.8) is 0 Å². The third-order valence-electron chi connectivity index (χ3n) is 6.53. The number of pyridine rings is 1. The van der Waals surface area contributed by atoms with Crippen molar-refractivity contribution in [1.82, 2.24) is 15.3 Å². The van der Waals surface area contributed by atoms with Crippen LogP contribution in [0.25, 0.3) is 31.4 Å². The summed E-state index contributed by atoms with van der Waals surface area (Å²) >= 11 is 1.72. The van der Waals surface area contributed by atoms with Gasteiger partial charge in [-0.1, -0.05) is 42.5 Å². The van der Waals surface area contributed by atoms with E-state index in [1.165, 1.54) is 21.2 Å². The molecule has 180 valence electrons. The Bertz CT molecular complexity index is 1730. The van der Waals surface area contributed by atoms with Crippen LogP contribution < -0.4 is 10.6 Å². The first-order chi connectivity index (χ1) is 18.3. The summed E-state index contributed by atoms with van der Waals surface area (Å²) in [6.07, 6.45) is 6.40. The summed E-state index contributed by atoms with van der Waals surface area (Å²) in [6, 6.07) is 29.8. The number of thiophene rings is 1. The minimum absolute atomic E-state index is 0.519. The average molecular weight is 500 g/mol. The molecule has 0 amide bonds. The van der Waals surface area contributed by atoms with Crippen LogP contribution in [0.3, 0.4) is 0 Å². The number of nitriles is 1. The van der Waals surface area contributed by atoms with Crippen molar-refractivity contribution >= 4 is 43.7 Å². The Morgan fingerprint density at radius 1 is 0.919 bits per heavy atom. The molecule has 3 aromatic carbocycles. The number of nitrogens with one attached hydrogen (secondary N) is 3. The molecule has 0 fully saturated rings. The number of nitrogens with zero attached hydrogens (tertiary/aromatic N) is 2. The smallest absolute Gasteiger partial charge is 0.103 e. The van der Waals surface area contributed by atoms with Gasteiger partial charge < -0.3 is 15.6 Å². The van der Waals surface area contributed by atoms with Gasteiger partial charge in [0.25, 0.3) is 0 Å². The molecule has 0 aliphatic rings. The van der Waals surface area contributed by atoms with Crippen molar-refractivity contribution in [2.75, 3.05) is 11.9 Å². The van der Waals surface area contributed by atoms with Crippen LogP contribution in [0.4, 0.5) is 11.4 Å². The topological polar surface area (TPSA) is 76.5 Å². The van der Waals surface area contributed by atoms with E-state index in [-0.39, 0.29) is 0 Å². The highest BCUT2D eigenvalue weighted by molar-refractivity contribution is 7.22. The lowest BCUT2D eigenvalue weighted by Gasteiger charge is -2.13. The summed E-state index contributed by atoms with van der Waals surface area (Å²) in [5, 5.41) is 19.2. The molecule has 0 spiro atoms. The monoisotopic (exact) mass is 499 g/mol. The van der Waals surface area contributed by atoms with Gasteiger partial charge in [0.05, 0.1) is 11.3 Å². The van der Waals surface area contributed by atoms with Gasteiger partial charge in [-0.05, 0) is 65.9 Å². The second-order valence-corrected chi connectivity index (χ2v) is 10.1. The van der Waals surface area contributed by atoms with Gasteiger partial charge in [0, 0.05) is 56.9 Å². The normalized spacial score (nSPS) is 11.1. The van der Waals surface area contributed by atoms with Crippen molar-refractivity contribution in [1.29, 1.82) is 5.26 Å². The van der Waals surface area contributed by atoms with Crippen LogP contribution in [-0.4, -0.2) is 16.5 Å². The van der Waals surface area contributed by atoms with Gasteiger partial charge in [-0.3, -0.25) is 4.98 Å². The molecule has 0 atom stereocenters. The van der Waals surface area contributed by atoms with Gasteiger partial charge in [0.15, 0.2) is 0 Å². The number of aromatic nitrogens is 2. The number of aromatic amines is 1. The molecule has 3 N–H and O–H groups in total. The molecular formula is C31H25N5S. The summed E-state index contributed by atoms with van der Waals surface area (Å²) < 4.78 is 1.21. The van der Waals surface area contributed by atoms with Crippen molar-refractivity contribution in [3.8, 4) is 16.5 Å². The van der Waals surface area contributed by atoms with Crippen LogP contribution in [0.1, 0.15) is 16.7 Å². The van der Waals surface area contributed by atoms with E-state index in [0.717, 1.165) is 52.2 Å². The van der Waals surface area contributed by atoms with E-state index in [1.807, 2.05) is 36.7 Å². The van der Waals surface area contributed by atoms with E-state index in [2.05, 4.69) is 81.3 Å². The second kappa shape index (κ2) is 10.3. The summed E-state index contributed by atoms with van der Waals surface area (Å²) in [4.78, 5) is 8.71. The molecule has 37 heavy (non-hydrogen) atoms. The molecule has 6 heteroatoms. The van der Waals surface area contributed by atoms with Gasteiger partial charge in [-0.25, -0.2) is 0 Å². The first kappa shape index (κ1) is 23.0. The van der Waals surface area contributed by atoms with Gasteiger partial charge in [-0.15, -0.1) is 11.3 Å². The Morgan fingerprint density at radius 2 is 1.84 bits per heavy atom. The Kier molecular flexibility index (Phi) is 6.38. The Morgan fingerprint density at radius 3 is 2.73 bits per heavy atom. The molecule has 3 aromatic heterocycles. The van der Waals surface area contributed by atoms with Crippen molar-refractivity contribution in [2.45, 2.75) is 13.0 Å². The van der Waals surface area contributed by atoms with Crippen LogP contribution in [0.5, 0.6) is 0 Å². The van der Waals surface area contributed by atoms with E-state index < -0.39 is 0 Å². The van der Waals surface area contributed by atoms with Gasteiger partial charge >= 0.3 is 0 Å². The first-order valence-corrected chi connectivity index (χ1v) is 13.1. The molecule has 0 aliphatic heterocycles. The lowest BCUT2D eigenvalue weighted by molar-refractivity contribution is 0.687. The molecule has 6 rings (SSSR count). The lowest BCUT2D eigenvalue weighted by Crippen LogP contribution is -2.16. The second-order valence-electron chi connectivity index (χ2n) is 8.99. The largest absolute Gasteiger partial charge is 0.361 e. The highest BCUT2D eigenvalue weighted by atomic mass is 32.1. The van der Waals surface area contributed by atoms with E-state index in [1.54, 1.807) is 17.5 Å². The molecule has 5 nitrogen and oxygen atoms in total. The fourth-order valence-electron chi connectivity index (χ4n) is 4.64. The summed E-state index contributed by atoms with van der Waals surface area (Å²) in [5.41, 5.74) is 6.82. The maximum absolute atomic E-state index is 9.85. The van der Waals surface area contributed by atoms with E-state index in [0.29, 0.717) is 5.56 Å². The zero-order chi connectivity index (χ0) is 25.0. The van der Waals surface area contributed by atoms with Gasteiger partial charge in [0.1, 0.15) is 6.07 Å². The van der Waals surface area contributed by atoms with Gasteiger partial charge in [0.2, 0.25) is 0 Å². The minimum Gasteiger partial charge on any atom is -0.361 e. The van der Waals surface area contributed by atoms with Gasteiger partial charge in [-0.2, -0.15) is 5.26 Å². The van der Waals surface area contributed by atoms with E-state index >= 15 is 0 Å². The average Bonchev–Trinajstić information content (AvgIpc) is 3.59. The summed E-state index contributed by atoms with van der Waals surface area (Å²) in [7, 11) is 0. The third kappa shape index (κ3) is 4.83. The summed E-state index contributed by atoms with van der Waals surface area (Å²) in [5.74, 6) is 0. The van der Waals surface area contributed by atoms with Crippen molar-refractivity contribution < 1.29 is 0 Å². The Labute approximate surface area is 219 Å². The standard InChI is InChI=1S/C31H25N5S/c32-17-24-19-34-20-26(31(24)36-28-8-4-7-27-25(28)12-14-35-27)30-16-23-15-22(9-10-29(23)37-30)18-33-13-11-21-5-2-1-3-6-21/h1-10,12,14-16,19-20,33,35H,11,13,18H2,(H,34,36). The first-order valence-electron chi connectivity index (χ1n) is 12.3. The number of fused-ring (bicyclic) bond motifs is 2. The molecule has 6 aromatic rings. The zero-order valence-electron chi connectivity index (χ0n) is 20.2. The number of benzene rings is 3. The van der Waals surface area contributed by atoms with Crippen LogP contribution in [0.15, 0.2) is 97.5 Å². The molecule has 0 unspecified atom stereocenters. The van der Waals surface area contributed by atoms with Crippen LogP contribution in [0.2, 0.25) is 0 Å². The minimum atomic E-state index is 0.519. The van der Waals surface area contributed by atoms with E-state index in [9.17, 15) is 5.26 Å². The number of rotatable bonds is 8. The number of hydrogen-bond donors (Lipinski definition) is 3. The molecule has 0 bridgehead atoms. The zero-order valence-corrected chi connectivity index (χ0v) is 21.0. The quantitative estimate of drug-likeness (QED) is 0.191. The molecule has 0 saturated carbocycles. The predicted molar refractivity (Wildman–Crippen MR) is 153 cm³/mol. The third-order valence-corrected chi connectivity index (χ3v) is 7.68. The fraction of sp³-hybridized carbons (Fsp3) is 0.0968. The van der Waals surface area contributed by atoms with Crippen molar-refractivity contribution in [3.05, 3.63) is 114 Å². The number of H-pyrrole nitrogens is 1. The van der Waals surface area contributed by atoms with Crippen LogP contribution in [0, 0.1) is 11.3 Å². The van der Waals surface area contributed by atoms with Crippen LogP contribution >= 0.6 is 11.3 Å². The lowest BCUT2D eigenvalue weighted by atomic mass is 10.1. The molecule has 0 radical (unpaired) electrons. The molecular weight excluding hydrogens is 474 g/mol. The maximum Gasteiger partial charge on any atom is 0.103 e. The highest BCUT2D eigenvalue weighted by Crippen LogP contribution is 2.40. The van der Waals surface area contributed by atoms with Crippen LogP contribution in [-0.2, 0) is 13.0 Å². The van der Waals surface area contributed by atoms with E-state index in [4.69, 9.17) is 0 Å². The molecule has 0 saturated heterocycles. The fourth-order valence-corrected chi connectivity index (χ4v) is 5.70. The predicted octanol–water partition coefficient (Wildman–Crippen LogP) is 7.39. The maximum atomic E-state index is 9.85. The Hall–Kier alpha value is -4.44.